The van der Waals surface area contributed by atoms with Crippen molar-refractivity contribution < 1.29 is 13.2 Å². The van der Waals surface area contributed by atoms with Gasteiger partial charge in [0.2, 0.25) is 0 Å². The third-order valence-corrected chi connectivity index (χ3v) is 3.65. The zero-order valence-electron chi connectivity index (χ0n) is 9.97. The van der Waals surface area contributed by atoms with Crippen molar-refractivity contribution in [1.82, 2.24) is 5.43 Å². The third-order valence-electron chi connectivity index (χ3n) is 3.65. The highest BCUT2D eigenvalue weighted by atomic mass is 19.4. The number of halogens is 3. The van der Waals surface area contributed by atoms with Gasteiger partial charge in [-0.3, -0.25) is 11.3 Å². The molecule has 3 atom stereocenters. The summed E-state index contributed by atoms with van der Waals surface area (Å²) in [6, 6.07) is -0.264. The van der Waals surface area contributed by atoms with Crippen LogP contribution in [-0.4, -0.2) is 12.2 Å². The molecule has 1 saturated carbocycles. The molecule has 1 rings (SSSR count). The van der Waals surface area contributed by atoms with Gasteiger partial charge in [-0.25, -0.2) is 0 Å². The Kier molecular flexibility index (Phi) is 5.46. The second kappa shape index (κ2) is 6.40. The van der Waals surface area contributed by atoms with Crippen molar-refractivity contribution in [3.05, 3.63) is 12.7 Å². The van der Waals surface area contributed by atoms with Gasteiger partial charge in [-0.05, 0) is 31.6 Å². The molecule has 0 amide bonds. The average Bonchev–Trinajstić information content (AvgIpc) is 2.29. The molecule has 100 valence electrons. The maximum absolute atomic E-state index is 12.9. The monoisotopic (exact) mass is 250 g/mol. The molecule has 17 heavy (non-hydrogen) atoms. The van der Waals surface area contributed by atoms with Crippen molar-refractivity contribution in [3.8, 4) is 0 Å². The van der Waals surface area contributed by atoms with Gasteiger partial charge >= 0.3 is 6.18 Å². The van der Waals surface area contributed by atoms with Crippen LogP contribution in [-0.2, 0) is 0 Å². The van der Waals surface area contributed by atoms with E-state index in [1.54, 1.807) is 6.08 Å². The van der Waals surface area contributed by atoms with E-state index in [1.165, 1.54) is 0 Å². The number of nitrogens with one attached hydrogen (secondary N) is 1. The molecular weight excluding hydrogens is 229 g/mol. The van der Waals surface area contributed by atoms with Gasteiger partial charge in [-0.1, -0.05) is 18.9 Å². The minimum absolute atomic E-state index is 0.237. The van der Waals surface area contributed by atoms with Crippen LogP contribution in [0.4, 0.5) is 13.2 Å². The first-order chi connectivity index (χ1) is 8.00. The van der Waals surface area contributed by atoms with E-state index < -0.39 is 18.0 Å². The summed E-state index contributed by atoms with van der Waals surface area (Å²) in [6.07, 6.45) is 1.30. The topological polar surface area (TPSA) is 38.0 Å². The van der Waals surface area contributed by atoms with Crippen LogP contribution < -0.4 is 11.3 Å². The SMILES string of the molecule is C=CCCC(NN)C1CCCCC1C(F)(F)F. The lowest BCUT2D eigenvalue weighted by molar-refractivity contribution is -0.199. The molecule has 5 heteroatoms. The molecule has 3 N–H and O–H groups in total. The summed E-state index contributed by atoms with van der Waals surface area (Å²) in [5, 5.41) is 0. The molecule has 1 fully saturated rings. The highest BCUT2D eigenvalue weighted by molar-refractivity contribution is 4.88. The molecule has 0 aromatic heterocycles. The van der Waals surface area contributed by atoms with Crippen LogP contribution in [0, 0.1) is 11.8 Å². The first-order valence-electron chi connectivity index (χ1n) is 6.14. The maximum atomic E-state index is 12.9. The molecule has 0 spiro atoms. The van der Waals surface area contributed by atoms with Gasteiger partial charge in [-0.2, -0.15) is 13.2 Å². The van der Waals surface area contributed by atoms with Crippen LogP contribution in [0.25, 0.3) is 0 Å². The van der Waals surface area contributed by atoms with Gasteiger partial charge in [-0.15, -0.1) is 6.58 Å². The first kappa shape index (κ1) is 14.5. The molecule has 0 aromatic rings. The van der Waals surface area contributed by atoms with E-state index in [9.17, 15) is 13.2 Å². The smallest absolute Gasteiger partial charge is 0.271 e. The van der Waals surface area contributed by atoms with Gasteiger partial charge in [0, 0.05) is 6.04 Å². The first-order valence-corrected chi connectivity index (χ1v) is 6.14. The number of nitrogens with two attached hydrogens (primary N) is 1. The van der Waals surface area contributed by atoms with E-state index in [-0.39, 0.29) is 12.5 Å². The summed E-state index contributed by atoms with van der Waals surface area (Å²) in [7, 11) is 0. The highest BCUT2D eigenvalue weighted by Gasteiger charge is 2.47. The van der Waals surface area contributed by atoms with Crippen LogP contribution in [0.1, 0.15) is 38.5 Å². The zero-order chi connectivity index (χ0) is 12.9. The fraction of sp³-hybridized carbons (Fsp3) is 0.833. The summed E-state index contributed by atoms with van der Waals surface area (Å²) in [5.41, 5.74) is 2.56. The largest absolute Gasteiger partial charge is 0.392 e. The molecule has 0 aliphatic heterocycles. The highest BCUT2D eigenvalue weighted by Crippen LogP contribution is 2.43. The number of rotatable bonds is 5. The lowest BCUT2D eigenvalue weighted by Crippen LogP contribution is -2.48. The van der Waals surface area contributed by atoms with Crippen LogP contribution in [0.15, 0.2) is 12.7 Å². The quantitative estimate of drug-likeness (QED) is 0.447. The predicted octanol–water partition coefficient (Wildman–Crippen LogP) is 3.15. The standard InChI is InChI=1S/C12H21F3N2/c1-2-3-8-11(17-16)9-6-4-5-7-10(9)12(13,14)15/h2,9-11,17H,1,3-8,16H2. The third kappa shape index (κ3) is 4.00. The lowest BCUT2D eigenvalue weighted by atomic mass is 9.74. The Labute approximate surface area is 100 Å². The number of allylic oxidation sites excluding steroid dienone is 1. The molecule has 0 radical (unpaired) electrons. The molecule has 0 heterocycles. The Balaban J connectivity index is 2.71. The normalized spacial score (nSPS) is 27.8. The van der Waals surface area contributed by atoms with Gasteiger partial charge in [0.05, 0.1) is 5.92 Å². The second-order valence-electron chi connectivity index (χ2n) is 4.74. The van der Waals surface area contributed by atoms with E-state index in [1.807, 2.05) is 0 Å². The molecule has 0 saturated heterocycles. The molecule has 0 aromatic carbocycles. The van der Waals surface area contributed by atoms with Crippen LogP contribution in [0.5, 0.6) is 0 Å². The van der Waals surface area contributed by atoms with Gasteiger partial charge < -0.3 is 0 Å². The number of hydrogen-bond donors (Lipinski definition) is 2. The number of alkyl halides is 3. The number of hydrazine groups is 1. The molecule has 2 nitrogen and oxygen atoms in total. The minimum atomic E-state index is -4.10. The van der Waals surface area contributed by atoms with Crippen molar-refractivity contribution in [1.29, 1.82) is 0 Å². The Morgan fingerprint density at radius 2 is 2.00 bits per heavy atom. The Morgan fingerprint density at radius 3 is 2.53 bits per heavy atom. The van der Waals surface area contributed by atoms with Crippen molar-refractivity contribution in [2.45, 2.75) is 50.7 Å². The van der Waals surface area contributed by atoms with E-state index in [4.69, 9.17) is 5.84 Å². The molecule has 1 aliphatic rings. The van der Waals surface area contributed by atoms with E-state index >= 15 is 0 Å². The summed E-state index contributed by atoms with van der Waals surface area (Å²) in [4.78, 5) is 0. The molecule has 3 unspecified atom stereocenters. The van der Waals surface area contributed by atoms with Crippen molar-refractivity contribution >= 4 is 0 Å². The van der Waals surface area contributed by atoms with E-state index in [2.05, 4.69) is 12.0 Å². The zero-order valence-corrected chi connectivity index (χ0v) is 9.97. The summed E-state index contributed by atoms with van der Waals surface area (Å²) >= 11 is 0. The van der Waals surface area contributed by atoms with Crippen LogP contribution >= 0.6 is 0 Å². The van der Waals surface area contributed by atoms with E-state index in [0.29, 0.717) is 25.7 Å². The summed E-state index contributed by atoms with van der Waals surface area (Å²) in [5.74, 6) is 3.80. The van der Waals surface area contributed by atoms with Crippen molar-refractivity contribution in [2.75, 3.05) is 0 Å². The second-order valence-corrected chi connectivity index (χ2v) is 4.74. The van der Waals surface area contributed by atoms with Gasteiger partial charge in [0.1, 0.15) is 0 Å². The van der Waals surface area contributed by atoms with Crippen LogP contribution in [0.2, 0.25) is 0 Å². The molecule has 1 aliphatic carbocycles. The van der Waals surface area contributed by atoms with Gasteiger partial charge in [0.15, 0.2) is 0 Å². The minimum Gasteiger partial charge on any atom is -0.271 e. The van der Waals surface area contributed by atoms with Crippen molar-refractivity contribution in [3.63, 3.8) is 0 Å². The summed E-state index contributed by atoms with van der Waals surface area (Å²) in [6.45, 7) is 3.59. The Hall–Kier alpha value is -0.550. The average molecular weight is 250 g/mol. The lowest BCUT2D eigenvalue weighted by Gasteiger charge is -2.37. The molecular formula is C12H21F3N2. The predicted molar refractivity (Wildman–Crippen MR) is 62.0 cm³/mol. The van der Waals surface area contributed by atoms with Crippen molar-refractivity contribution in [2.24, 2.45) is 17.7 Å². The fourth-order valence-electron chi connectivity index (χ4n) is 2.77. The Morgan fingerprint density at radius 1 is 1.35 bits per heavy atom. The van der Waals surface area contributed by atoms with E-state index in [0.717, 1.165) is 6.42 Å². The maximum Gasteiger partial charge on any atom is 0.392 e. The fourth-order valence-corrected chi connectivity index (χ4v) is 2.77. The van der Waals surface area contributed by atoms with Gasteiger partial charge in [0.25, 0.3) is 0 Å². The summed E-state index contributed by atoms with van der Waals surface area (Å²) < 4.78 is 38.8. The van der Waals surface area contributed by atoms with Crippen LogP contribution in [0.3, 0.4) is 0 Å². The molecule has 0 bridgehead atoms. The Bertz CT molecular complexity index is 240. The number of hydrogen-bond acceptors (Lipinski definition) is 2.